The molecule has 0 aromatic heterocycles. The van der Waals surface area contributed by atoms with Crippen molar-refractivity contribution in [2.75, 3.05) is 6.54 Å². The quantitative estimate of drug-likeness (QED) is 0.512. The Morgan fingerprint density at radius 1 is 1.38 bits per heavy atom. The Balaban J connectivity index is 4.28. The first-order chi connectivity index (χ1) is 5.99. The molecule has 0 saturated carbocycles. The standard InChI is InChI=1S/C8H13NO4/c1-4-9-8(12)13-6(3)5(2)7(10)11/h4H2,1-3H3,(H,9,12)(H,10,11)/b6-5+. The highest BCUT2D eigenvalue weighted by Gasteiger charge is 2.09. The lowest BCUT2D eigenvalue weighted by Crippen LogP contribution is -2.23. The van der Waals surface area contributed by atoms with E-state index in [1.807, 2.05) is 0 Å². The fourth-order valence-corrected chi connectivity index (χ4v) is 0.547. The number of nitrogens with one attached hydrogen (secondary N) is 1. The molecule has 0 rings (SSSR count). The predicted molar refractivity (Wildman–Crippen MR) is 46.2 cm³/mol. The van der Waals surface area contributed by atoms with Gasteiger partial charge in [0.25, 0.3) is 0 Å². The molecular formula is C8H13NO4. The molecule has 2 N–H and O–H groups in total. The normalized spacial score (nSPS) is 11.6. The summed E-state index contributed by atoms with van der Waals surface area (Å²) in [5.41, 5.74) is 0.0197. The molecule has 0 aromatic carbocycles. The van der Waals surface area contributed by atoms with Gasteiger partial charge in [0.15, 0.2) is 0 Å². The van der Waals surface area contributed by atoms with Crippen LogP contribution in [0.2, 0.25) is 0 Å². The summed E-state index contributed by atoms with van der Waals surface area (Å²) >= 11 is 0. The van der Waals surface area contributed by atoms with Crippen LogP contribution in [0.5, 0.6) is 0 Å². The van der Waals surface area contributed by atoms with Gasteiger partial charge in [-0.2, -0.15) is 0 Å². The lowest BCUT2D eigenvalue weighted by atomic mass is 10.3. The van der Waals surface area contributed by atoms with E-state index >= 15 is 0 Å². The Morgan fingerprint density at radius 3 is 2.31 bits per heavy atom. The Morgan fingerprint density at radius 2 is 1.92 bits per heavy atom. The molecule has 13 heavy (non-hydrogen) atoms. The highest BCUT2D eigenvalue weighted by atomic mass is 16.6. The number of hydrogen-bond donors (Lipinski definition) is 2. The van der Waals surface area contributed by atoms with Crippen molar-refractivity contribution in [3.05, 3.63) is 11.3 Å². The average molecular weight is 187 g/mol. The van der Waals surface area contributed by atoms with Gasteiger partial charge in [-0.05, 0) is 20.8 Å². The number of rotatable bonds is 3. The van der Waals surface area contributed by atoms with Gasteiger partial charge in [0.05, 0.1) is 5.57 Å². The van der Waals surface area contributed by atoms with Crippen LogP contribution in [-0.4, -0.2) is 23.7 Å². The van der Waals surface area contributed by atoms with Gasteiger partial charge in [-0.25, -0.2) is 9.59 Å². The number of aliphatic carboxylic acids is 1. The Labute approximate surface area is 76.4 Å². The van der Waals surface area contributed by atoms with Crippen LogP contribution in [0.15, 0.2) is 11.3 Å². The minimum absolute atomic E-state index is 0.0197. The van der Waals surface area contributed by atoms with E-state index in [4.69, 9.17) is 5.11 Å². The molecule has 0 aliphatic heterocycles. The summed E-state index contributed by atoms with van der Waals surface area (Å²) < 4.78 is 4.66. The third-order valence-electron chi connectivity index (χ3n) is 1.42. The molecule has 0 aliphatic carbocycles. The van der Waals surface area contributed by atoms with Crippen molar-refractivity contribution < 1.29 is 19.4 Å². The van der Waals surface area contributed by atoms with Crippen molar-refractivity contribution in [1.82, 2.24) is 5.32 Å². The molecule has 5 heteroatoms. The summed E-state index contributed by atoms with van der Waals surface area (Å²) in [6.45, 7) is 4.98. The average Bonchev–Trinajstić information content (AvgIpc) is 2.03. The second-order valence-electron chi connectivity index (χ2n) is 2.41. The zero-order valence-electron chi connectivity index (χ0n) is 7.88. The molecular weight excluding hydrogens is 174 g/mol. The molecule has 0 fully saturated rings. The van der Waals surface area contributed by atoms with Crippen LogP contribution in [0.4, 0.5) is 4.79 Å². The molecule has 5 nitrogen and oxygen atoms in total. The molecule has 0 spiro atoms. The summed E-state index contributed by atoms with van der Waals surface area (Å²) in [5, 5.41) is 10.9. The number of allylic oxidation sites excluding steroid dienone is 1. The molecule has 74 valence electrons. The molecule has 0 saturated heterocycles. The number of carbonyl (C=O) groups is 2. The maximum atomic E-state index is 10.8. The molecule has 0 aromatic rings. The van der Waals surface area contributed by atoms with Crippen LogP contribution in [-0.2, 0) is 9.53 Å². The number of ether oxygens (including phenoxy) is 1. The van der Waals surface area contributed by atoms with Gasteiger partial charge in [0, 0.05) is 6.54 Å². The predicted octanol–water partition coefficient (Wildman–Crippen LogP) is 1.11. The van der Waals surface area contributed by atoms with Crippen LogP contribution in [0.1, 0.15) is 20.8 Å². The van der Waals surface area contributed by atoms with Crippen molar-refractivity contribution in [2.45, 2.75) is 20.8 Å². The monoisotopic (exact) mass is 187 g/mol. The Bertz CT molecular complexity index is 245. The van der Waals surface area contributed by atoms with Crippen LogP contribution in [0.3, 0.4) is 0 Å². The second kappa shape index (κ2) is 5.18. The molecule has 0 atom stereocenters. The highest BCUT2D eigenvalue weighted by Crippen LogP contribution is 2.04. The Hall–Kier alpha value is -1.52. The van der Waals surface area contributed by atoms with Crippen molar-refractivity contribution in [1.29, 1.82) is 0 Å². The lowest BCUT2D eigenvalue weighted by Gasteiger charge is -2.05. The minimum atomic E-state index is -1.10. The van der Waals surface area contributed by atoms with E-state index < -0.39 is 12.1 Å². The fraction of sp³-hybridized carbons (Fsp3) is 0.500. The number of alkyl carbamates (subject to hydrolysis) is 1. The minimum Gasteiger partial charge on any atom is -0.478 e. The van der Waals surface area contributed by atoms with Gasteiger partial charge in [-0.15, -0.1) is 0 Å². The largest absolute Gasteiger partial charge is 0.478 e. The van der Waals surface area contributed by atoms with E-state index in [9.17, 15) is 9.59 Å². The molecule has 0 bridgehead atoms. The van der Waals surface area contributed by atoms with Crippen LogP contribution in [0.25, 0.3) is 0 Å². The zero-order valence-corrected chi connectivity index (χ0v) is 7.88. The van der Waals surface area contributed by atoms with Gasteiger partial charge in [0.1, 0.15) is 5.76 Å². The van der Waals surface area contributed by atoms with Crippen LogP contribution < -0.4 is 5.32 Å². The number of carboxylic acids is 1. The van der Waals surface area contributed by atoms with Crippen molar-refractivity contribution in [2.24, 2.45) is 0 Å². The summed E-state index contributed by atoms with van der Waals surface area (Å²) in [5.74, 6) is -1.000. The van der Waals surface area contributed by atoms with Gasteiger partial charge >= 0.3 is 12.1 Å². The summed E-state index contributed by atoms with van der Waals surface area (Å²) in [6, 6.07) is 0. The smallest absolute Gasteiger partial charge is 0.412 e. The van der Waals surface area contributed by atoms with E-state index in [0.717, 1.165) is 0 Å². The zero-order chi connectivity index (χ0) is 10.4. The first kappa shape index (κ1) is 11.5. The molecule has 0 aliphatic rings. The van der Waals surface area contributed by atoms with E-state index in [1.54, 1.807) is 6.92 Å². The number of carbonyl (C=O) groups excluding carboxylic acids is 1. The van der Waals surface area contributed by atoms with Gasteiger partial charge in [-0.1, -0.05) is 0 Å². The maximum absolute atomic E-state index is 10.8. The first-order valence-electron chi connectivity index (χ1n) is 3.85. The summed E-state index contributed by atoms with van der Waals surface area (Å²) in [7, 11) is 0. The van der Waals surface area contributed by atoms with Crippen LogP contribution >= 0.6 is 0 Å². The topological polar surface area (TPSA) is 75.6 Å². The molecule has 0 radical (unpaired) electrons. The van der Waals surface area contributed by atoms with Gasteiger partial charge < -0.3 is 15.2 Å². The van der Waals surface area contributed by atoms with E-state index in [1.165, 1.54) is 13.8 Å². The van der Waals surface area contributed by atoms with E-state index in [-0.39, 0.29) is 11.3 Å². The number of amides is 1. The van der Waals surface area contributed by atoms with Crippen LogP contribution in [0, 0.1) is 0 Å². The van der Waals surface area contributed by atoms with E-state index in [0.29, 0.717) is 6.54 Å². The first-order valence-corrected chi connectivity index (χ1v) is 3.85. The van der Waals surface area contributed by atoms with Crippen molar-refractivity contribution >= 4 is 12.1 Å². The summed E-state index contributed by atoms with van der Waals surface area (Å²) in [6.07, 6.45) is -0.638. The van der Waals surface area contributed by atoms with Gasteiger partial charge in [-0.3, -0.25) is 0 Å². The number of carboxylic acid groups (broad SMARTS) is 1. The van der Waals surface area contributed by atoms with Gasteiger partial charge in [0.2, 0.25) is 0 Å². The summed E-state index contributed by atoms with van der Waals surface area (Å²) in [4.78, 5) is 21.2. The SMILES string of the molecule is CCNC(=O)O/C(C)=C(\C)C(=O)O. The fourth-order valence-electron chi connectivity index (χ4n) is 0.547. The molecule has 1 amide bonds. The Kier molecular flexibility index (Phi) is 4.58. The van der Waals surface area contributed by atoms with E-state index in [2.05, 4.69) is 10.1 Å². The van der Waals surface area contributed by atoms with Crippen molar-refractivity contribution in [3.8, 4) is 0 Å². The third kappa shape index (κ3) is 4.15. The molecule has 0 unspecified atom stereocenters. The molecule has 0 heterocycles. The lowest BCUT2D eigenvalue weighted by molar-refractivity contribution is -0.132. The van der Waals surface area contributed by atoms with Crippen molar-refractivity contribution in [3.63, 3.8) is 0 Å². The maximum Gasteiger partial charge on any atom is 0.412 e. The highest BCUT2D eigenvalue weighted by molar-refractivity contribution is 5.86. The second-order valence-corrected chi connectivity index (χ2v) is 2.41. The number of hydrogen-bond acceptors (Lipinski definition) is 3. The third-order valence-corrected chi connectivity index (χ3v) is 1.42.